The predicted molar refractivity (Wildman–Crippen MR) is 89.6 cm³/mol. The zero-order chi connectivity index (χ0) is 17.1. The van der Waals surface area contributed by atoms with E-state index in [1.807, 2.05) is 24.9 Å². The molecule has 2 heterocycles. The second kappa shape index (κ2) is 7.63. The fraction of sp³-hybridized carbons (Fsp3) is 0.765. The molecule has 2 N–H and O–H groups in total. The summed E-state index contributed by atoms with van der Waals surface area (Å²) in [5.41, 5.74) is 2.20. The third kappa shape index (κ3) is 3.79. The van der Waals surface area contributed by atoms with Gasteiger partial charge >= 0.3 is 0 Å². The van der Waals surface area contributed by atoms with Gasteiger partial charge in [-0.15, -0.1) is 0 Å². The van der Waals surface area contributed by atoms with E-state index in [9.17, 15) is 9.90 Å². The molecule has 0 unspecified atom stereocenters. The molecule has 3 rings (SSSR count). The van der Waals surface area contributed by atoms with Gasteiger partial charge in [0.25, 0.3) is 0 Å². The highest BCUT2D eigenvalue weighted by Crippen LogP contribution is 2.25. The Morgan fingerprint density at radius 3 is 2.83 bits per heavy atom. The maximum atomic E-state index is 12.2. The minimum atomic E-state index is -0.493. The van der Waals surface area contributed by atoms with Crippen molar-refractivity contribution in [3.63, 3.8) is 0 Å². The van der Waals surface area contributed by atoms with E-state index in [0.29, 0.717) is 12.8 Å². The second-order valence-corrected chi connectivity index (χ2v) is 6.84. The fourth-order valence-electron chi connectivity index (χ4n) is 3.74. The number of carbonyl (C=O) groups is 1. The van der Waals surface area contributed by atoms with Crippen LogP contribution in [0.15, 0.2) is 6.20 Å². The van der Waals surface area contributed by atoms with Gasteiger partial charge in [-0.2, -0.15) is 5.10 Å². The van der Waals surface area contributed by atoms with Crippen LogP contribution in [0.4, 0.5) is 0 Å². The van der Waals surface area contributed by atoms with Gasteiger partial charge in [-0.3, -0.25) is 14.4 Å². The molecule has 1 aromatic rings. The number of amides is 1. The van der Waals surface area contributed by atoms with Crippen LogP contribution in [-0.2, 0) is 23.0 Å². The standard InChI is InChI=1S/C17H28N4O3/c1-12-13(11-18-20(12)2)3-6-16(22)19-14-4-5-15(17(14)23)21-7-9-24-10-8-21/h11,14-15,17,23H,3-10H2,1-2H3,(H,19,22)/t14-,15-,17-/m1/s1. The van der Waals surface area contributed by atoms with Crippen LogP contribution in [0.3, 0.4) is 0 Å². The van der Waals surface area contributed by atoms with Crippen molar-refractivity contribution in [3.05, 3.63) is 17.5 Å². The van der Waals surface area contributed by atoms with Crippen molar-refractivity contribution in [1.82, 2.24) is 20.0 Å². The molecule has 0 bridgehead atoms. The zero-order valence-corrected chi connectivity index (χ0v) is 14.6. The van der Waals surface area contributed by atoms with Crippen molar-refractivity contribution >= 4 is 5.91 Å². The molecule has 0 spiro atoms. The molecule has 1 aromatic heterocycles. The first-order valence-corrected chi connectivity index (χ1v) is 8.83. The van der Waals surface area contributed by atoms with E-state index in [2.05, 4.69) is 15.3 Å². The average molecular weight is 336 g/mol. The van der Waals surface area contributed by atoms with Crippen molar-refractivity contribution in [2.75, 3.05) is 26.3 Å². The summed E-state index contributed by atoms with van der Waals surface area (Å²) in [5, 5.41) is 17.8. The van der Waals surface area contributed by atoms with Gasteiger partial charge in [0.1, 0.15) is 0 Å². The maximum Gasteiger partial charge on any atom is 0.220 e. The molecular formula is C17H28N4O3. The summed E-state index contributed by atoms with van der Waals surface area (Å²) in [6, 6.07) is 0.0001000. The molecule has 1 amide bonds. The first kappa shape index (κ1) is 17.4. The van der Waals surface area contributed by atoms with Crippen LogP contribution in [-0.4, -0.2) is 70.2 Å². The predicted octanol–water partition coefficient (Wildman–Crippen LogP) is 0.00142. The van der Waals surface area contributed by atoms with E-state index < -0.39 is 6.10 Å². The number of aromatic nitrogens is 2. The first-order valence-electron chi connectivity index (χ1n) is 8.83. The number of nitrogens with zero attached hydrogens (tertiary/aromatic N) is 3. The fourth-order valence-corrected chi connectivity index (χ4v) is 3.74. The Bertz CT molecular complexity index is 568. The molecule has 2 aliphatic rings. The highest BCUT2D eigenvalue weighted by atomic mass is 16.5. The van der Waals surface area contributed by atoms with Gasteiger partial charge in [-0.25, -0.2) is 0 Å². The molecule has 0 radical (unpaired) electrons. The molecule has 1 saturated heterocycles. The van der Waals surface area contributed by atoms with E-state index in [-0.39, 0.29) is 18.0 Å². The highest BCUT2D eigenvalue weighted by Gasteiger charge is 2.39. The Hall–Kier alpha value is -1.44. The van der Waals surface area contributed by atoms with E-state index in [1.54, 1.807) is 0 Å². The number of rotatable bonds is 5. The Morgan fingerprint density at radius 1 is 1.42 bits per heavy atom. The molecular weight excluding hydrogens is 308 g/mol. The van der Waals surface area contributed by atoms with Crippen LogP contribution in [0.5, 0.6) is 0 Å². The number of morpholine rings is 1. The van der Waals surface area contributed by atoms with Crippen LogP contribution >= 0.6 is 0 Å². The molecule has 1 saturated carbocycles. The number of hydrogen-bond donors (Lipinski definition) is 2. The van der Waals surface area contributed by atoms with Gasteiger partial charge in [0.05, 0.1) is 31.6 Å². The molecule has 24 heavy (non-hydrogen) atoms. The average Bonchev–Trinajstić information content (AvgIpc) is 3.10. The van der Waals surface area contributed by atoms with Crippen LogP contribution in [0.1, 0.15) is 30.5 Å². The summed E-state index contributed by atoms with van der Waals surface area (Å²) in [5.74, 6) is 0.00457. The topological polar surface area (TPSA) is 79.6 Å². The minimum Gasteiger partial charge on any atom is -0.389 e. The van der Waals surface area contributed by atoms with Gasteiger partial charge in [0.2, 0.25) is 5.91 Å². The van der Waals surface area contributed by atoms with Crippen molar-refractivity contribution < 1.29 is 14.6 Å². The van der Waals surface area contributed by atoms with E-state index >= 15 is 0 Å². The second-order valence-electron chi connectivity index (χ2n) is 6.84. The summed E-state index contributed by atoms with van der Waals surface area (Å²) < 4.78 is 7.19. The quantitative estimate of drug-likeness (QED) is 0.791. The Labute approximate surface area is 143 Å². The monoisotopic (exact) mass is 336 g/mol. The van der Waals surface area contributed by atoms with Crippen LogP contribution < -0.4 is 5.32 Å². The summed E-state index contributed by atoms with van der Waals surface area (Å²) in [6.45, 7) is 5.19. The number of ether oxygens (including phenoxy) is 1. The molecule has 134 valence electrons. The number of nitrogens with one attached hydrogen (secondary N) is 1. The number of aliphatic hydroxyl groups excluding tert-OH is 1. The van der Waals surface area contributed by atoms with Gasteiger partial charge in [-0.05, 0) is 31.7 Å². The van der Waals surface area contributed by atoms with E-state index in [4.69, 9.17) is 4.74 Å². The molecule has 3 atom stereocenters. The largest absolute Gasteiger partial charge is 0.389 e. The summed E-state index contributed by atoms with van der Waals surface area (Å²) in [4.78, 5) is 14.5. The van der Waals surface area contributed by atoms with E-state index in [0.717, 1.165) is 50.4 Å². The summed E-state index contributed by atoms with van der Waals surface area (Å²) in [6.07, 6.45) is 4.20. The summed E-state index contributed by atoms with van der Waals surface area (Å²) in [7, 11) is 1.90. The van der Waals surface area contributed by atoms with Gasteiger partial charge < -0.3 is 15.2 Å². The van der Waals surface area contributed by atoms with Gasteiger partial charge in [0.15, 0.2) is 0 Å². The molecule has 1 aliphatic heterocycles. The number of aryl methyl sites for hydroxylation is 2. The number of carbonyl (C=O) groups excluding carboxylic acids is 1. The lowest BCUT2D eigenvalue weighted by Gasteiger charge is -2.34. The number of hydrogen-bond acceptors (Lipinski definition) is 5. The maximum absolute atomic E-state index is 12.2. The minimum absolute atomic E-state index is 0.00457. The Morgan fingerprint density at radius 2 is 2.17 bits per heavy atom. The molecule has 0 aromatic carbocycles. The smallest absolute Gasteiger partial charge is 0.220 e. The van der Waals surface area contributed by atoms with Crippen molar-refractivity contribution in [1.29, 1.82) is 0 Å². The highest BCUT2D eigenvalue weighted by molar-refractivity contribution is 5.76. The molecule has 7 nitrogen and oxygen atoms in total. The zero-order valence-electron chi connectivity index (χ0n) is 14.6. The Balaban J connectivity index is 1.47. The molecule has 7 heteroatoms. The number of aliphatic hydroxyl groups is 1. The van der Waals surface area contributed by atoms with Crippen LogP contribution in [0.2, 0.25) is 0 Å². The van der Waals surface area contributed by atoms with Crippen LogP contribution in [0.25, 0.3) is 0 Å². The Kier molecular flexibility index (Phi) is 5.53. The molecule has 2 fully saturated rings. The van der Waals surface area contributed by atoms with Crippen molar-refractivity contribution in [2.45, 2.75) is 50.8 Å². The SMILES string of the molecule is Cc1c(CCC(=O)N[C@@H]2CC[C@@H](N3CCOCC3)[C@@H]2O)cnn1C. The lowest BCUT2D eigenvalue weighted by Crippen LogP contribution is -2.51. The third-order valence-corrected chi connectivity index (χ3v) is 5.40. The van der Waals surface area contributed by atoms with Gasteiger partial charge in [-0.1, -0.05) is 0 Å². The van der Waals surface area contributed by atoms with E-state index in [1.165, 1.54) is 0 Å². The van der Waals surface area contributed by atoms with Gasteiger partial charge in [0, 0.05) is 38.3 Å². The lowest BCUT2D eigenvalue weighted by molar-refractivity contribution is -0.122. The summed E-state index contributed by atoms with van der Waals surface area (Å²) >= 11 is 0. The first-order chi connectivity index (χ1) is 11.6. The van der Waals surface area contributed by atoms with Crippen LogP contribution in [0, 0.1) is 6.92 Å². The normalized spacial score (nSPS) is 28.2. The lowest BCUT2D eigenvalue weighted by atomic mass is 10.1. The van der Waals surface area contributed by atoms with Crippen molar-refractivity contribution in [2.24, 2.45) is 7.05 Å². The third-order valence-electron chi connectivity index (χ3n) is 5.40. The van der Waals surface area contributed by atoms with Crippen molar-refractivity contribution in [3.8, 4) is 0 Å². The molecule has 1 aliphatic carbocycles.